The van der Waals surface area contributed by atoms with E-state index in [0.29, 0.717) is 41.2 Å². The molecular weight excluding hydrogens is 463 g/mol. The molecule has 0 saturated carbocycles. The molecule has 1 atom stereocenters. The molecule has 31 heavy (non-hydrogen) atoms. The second-order valence-corrected chi connectivity index (χ2v) is 10.1. The van der Waals surface area contributed by atoms with Crippen LogP contribution in [0.15, 0.2) is 42.5 Å². The summed E-state index contributed by atoms with van der Waals surface area (Å²) in [6, 6.07) is 11.1. The Hall–Kier alpha value is -2.13. The number of nitrogens with zero attached hydrogens (tertiary/aromatic N) is 1. The number of nitrogens with one attached hydrogen (secondary N) is 1. The van der Waals surface area contributed by atoms with E-state index in [-0.39, 0.29) is 23.2 Å². The van der Waals surface area contributed by atoms with Gasteiger partial charge in [-0.2, -0.15) is 0 Å². The summed E-state index contributed by atoms with van der Waals surface area (Å²) in [5, 5.41) is 3.48. The predicted octanol–water partition coefficient (Wildman–Crippen LogP) is 3.96. The summed E-state index contributed by atoms with van der Waals surface area (Å²) in [4.78, 5) is 24.4. The zero-order valence-corrected chi connectivity index (χ0v) is 19.1. The van der Waals surface area contributed by atoms with Crippen LogP contribution in [0.4, 0.5) is 5.69 Å². The van der Waals surface area contributed by atoms with Gasteiger partial charge in [0.25, 0.3) is 0 Å². The van der Waals surface area contributed by atoms with Crippen molar-refractivity contribution in [2.45, 2.75) is 18.6 Å². The fourth-order valence-corrected chi connectivity index (χ4v) is 5.62. The number of carbonyl (C=O) groups is 2. The first-order valence-corrected chi connectivity index (χ1v) is 12.0. The monoisotopic (exact) mass is 484 g/mol. The lowest BCUT2D eigenvalue weighted by molar-refractivity contribution is -0.120. The number of rotatable bonds is 6. The van der Waals surface area contributed by atoms with Crippen LogP contribution in [0.1, 0.15) is 28.8 Å². The Balaban J connectivity index is 1.68. The van der Waals surface area contributed by atoms with Crippen molar-refractivity contribution in [3.8, 4) is 0 Å². The van der Waals surface area contributed by atoms with Crippen LogP contribution in [0.5, 0.6) is 0 Å². The van der Waals surface area contributed by atoms with E-state index in [0.717, 1.165) is 0 Å². The van der Waals surface area contributed by atoms with Gasteiger partial charge >= 0.3 is 5.97 Å². The lowest BCUT2D eigenvalue weighted by atomic mass is 9.98. The summed E-state index contributed by atoms with van der Waals surface area (Å²) in [6.45, 7) is 0.422. The Morgan fingerprint density at radius 1 is 1.19 bits per heavy atom. The highest BCUT2D eigenvalue weighted by Crippen LogP contribution is 2.27. The van der Waals surface area contributed by atoms with Gasteiger partial charge in [-0.25, -0.2) is 17.5 Å². The molecule has 1 heterocycles. The van der Waals surface area contributed by atoms with Gasteiger partial charge in [-0.3, -0.25) is 4.79 Å². The van der Waals surface area contributed by atoms with Crippen molar-refractivity contribution < 1.29 is 22.7 Å². The quantitative estimate of drug-likeness (QED) is 0.626. The van der Waals surface area contributed by atoms with E-state index in [1.807, 2.05) is 0 Å². The number of hydrogen-bond donors (Lipinski definition) is 1. The Bertz CT molecular complexity index is 1090. The van der Waals surface area contributed by atoms with Crippen LogP contribution >= 0.6 is 23.2 Å². The highest BCUT2D eigenvalue weighted by atomic mass is 35.5. The van der Waals surface area contributed by atoms with Crippen molar-refractivity contribution in [3.63, 3.8) is 0 Å². The molecule has 166 valence electrons. The lowest BCUT2D eigenvalue weighted by Gasteiger charge is -2.31. The van der Waals surface area contributed by atoms with Crippen molar-refractivity contribution in [2.24, 2.45) is 5.92 Å². The molecule has 0 bridgehead atoms. The number of hydrogen-bond acceptors (Lipinski definition) is 5. The highest BCUT2D eigenvalue weighted by molar-refractivity contribution is 7.88. The molecule has 1 N–H and O–H groups in total. The Kier molecular flexibility index (Phi) is 7.59. The molecule has 1 amide bonds. The number of halogens is 2. The summed E-state index contributed by atoms with van der Waals surface area (Å²) >= 11 is 12.0. The van der Waals surface area contributed by atoms with E-state index in [4.69, 9.17) is 23.2 Å². The van der Waals surface area contributed by atoms with Crippen molar-refractivity contribution >= 4 is 50.8 Å². The minimum absolute atomic E-state index is 0.0794. The molecule has 3 rings (SSSR count). The first-order chi connectivity index (χ1) is 14.7. The first kappa shape index (κ1) is 23.5. The number of carbonyl (C=O) groups excluding carboxylic acids is 2. The Labute approximate surface area is 191 Å². The maximum atomic E-state index is 12.9. The van der Waals surface area contributed by atoms with Crippen molar-refractivity contribution in [2.75, 3.05) is 25.5 Å². The van der Waals surface area contributed by atoms with Crippen LogP contribution in [-0.4, -0.2) is 44.8 Å². The van der Waals surface area contributed by atoms with Crippen LogP contribution in [0.2, 0.25) is 10.0 Å². The van der Waals surface area contributed by atoms with Gasteiger partial charge in [0.2, 0.25) is 15.9 Å². The smallest absolute Gasteiger partial charge is 0.337 e. The molecule has 0 radical (unpaired) electrons. The second kappa shape index (κ2) is 9.99. The molecule has 1 aliphatic rings. The van der Waals surface area contributed by atoms with Gasteiger partial charge in [-0.15, -0.1) is 0 Å². The SMILES string of the molecule is COC(=O)c1cccc(NC(=O)[C@H]2CCCN(S(=O)(=O)Cc3ccc(Cl)cc3Cl)C2)c1. The van der Waals surface area contributed by atoms with E-state index >= 15 is 0 Å². The van der Waals surface area contributed by atoms with Gasteiger partial charge in [0.15, 0.2) is 0 Å². The van der Waals surface area contributed by atoms with Gasteiger partial charge in [0.1, 0.15) is 0 Å². The standard InChI is InChI=1S/C21H22Cl2N2O5S/c1-30-21(27)14-4-2-6-18(10-14)24-20(26)15-5-3-9-25(12-15)31(28,29)13-16-7-8-17(22)11-19(16)23/h2,4,6-8,10-11,15H,3,5,9,12-13H2,1H3,(H,24,26)/t15-/m0/s1. The molecular formula is C21H22Cl2N2O5S. The van der Waals surface area contributed by atoms with Gasteiger partial charge in [0, 0.05) is 28.8 Å². The van der Waals surface area contributed by atoms with Gasteiger partial charge in [-0.1, -0.05) is 35.3 Å². The van der Waals surface area contributed by atoms with Crippen LogP contribution in [-0.2, 0) is 25.3 Å². The maximum absolute atomic E-state index is 12.9. The summed E-state index contributed by atoms with van der Waals surface area (Å²) in [6.07, 6.45) is 1.13. The van der Waals surface area contributed by atoms with E-state index in [1.165, 1.54) is 23.5 Å². The molecule has 10 heteroatoms. The molecule has 1 aliphatic heterocycles. The minimum atomic E-state index is -3.67. The third kappa shape index (κ3) is 5.98. The molecule has 1 fully saturated rings. The molecule has 0 aromatic heterocycles. The van der Waals surface area contributed by atoms with Gasteiger partial charge in [0.05, 0.1) is 24.3 Å². The highest BCUT2D eigenvalue weighted by Gasteiger charge is 2.32. The van der Waals surface area contributed by atoms with Crippen molar-refractivity contribution in [1.82, 2.24) is 4.31 Å². The molecule has 2 aromatic rings. The Morgan fingerprint density at radius 3 is 2.68 bits per heavy atom. The third-order valence-electron chi connectivity index (χ3n) is 5.05. The number of amides is 1. The summed E-state index contributed by atoms with van der Waals surface area (Å²) in [5.74, 6) is -1.58. The number of methoxy groups -OCH3 is 1. The molecule has 0 unspecified atom stereocenters. The normalized spacial score (nSPS) is 17.2. The zero-order valence-electron chi connectivity index (χ0n) is 16.8. The Morgan fingerprint density at radius 2 is 1.97 bits per heavy atom. The number of benzene rings is 2. The fraction of sp³-hybridized carbons (Fsp3) is 0.333. The van der Waals surface area contributed by atoms with Crippen LogP contribution in [0, 0.1) is 5.92 Å². The van der Waals surface area contributed by atoms with Gasteiger partial charge in [-0.05, 0) is 48.7 Å². The van der Waals surface area contributed by atoms with Crippen molar-refractivity contribution in [3.05, 3.63) is 63.6 Å². The van der Waals surface area contributed by atoms with Crippen molar-refractivity contribution in [1.29, 1.82) is 0 Å². The van der Waals surface area contributed by atoms with E-state index in [9.17, 15) is 18.0 Å². The zero-order chi connectivity index (χ0) is 22.6. The minimum Gasteiger partial charge on any atom is -0.465 e. The van der Waals surface area contributed by atoms with Crippen LogP contribution < -0.4 is 5.32 Å². The number of esters is 1. The molecule has 1 saturated heterocycles. The summed E-state index contributed by atoms with van der Waals surface area (Å²) < 4.78 is 31.9. The average Bonchev–Trinajstić information content (AvgIpc) is 2.75. The molecule has 0 spiro atoms. The van der Waals surface area contributed by atoms with E-state index < -0.39 is 21.9 Å². The number of sulfonamides is 1. The van der Waals surface area contributed by atoms with E-state index in [2.05, 4.69) is 10.1 Å². The van der Waals surface area contributed by atoms with Crippen LogP contribution in [0.25, 0.3) is 0 Å². The lowest BCUT2D eigenvalue weighted by Crippen LogP contribution is -2.44. The molecule has 2 aromatic carbocycles. The average molecular weight is 485 g/mol. The molecule has 0 aliphatic carbocycles. The van der Waals surface area contributed by atoms with E-state index in [1.54, 1.807) is 30.3 Å². The molecule has 7 nitrogen and oxygen atoms in total. The second-order valence-electron chi connectivity index (χ2n) is 7.25. The number of piperidine rings is 1. The topological polar surface area (TPSA) is 92.8 Å². The maximum Gasteiger partial charge on any atom is 0.337 e. The fourth-order valence-electron chi connectivity index (χ4n) is 3.42. The first-order valence-electron chi connectivity index (χ1n) is 9.60. The van der Waals surface area contributed by atoms with Crippen LogP contribution in [0.3, 0.4) is 0 Å². The predicted molar refractivity (Wildman–Crippen MR) is 120 cm³/mol. The van der Waals surface area contributed by atoms with Gasteiger partial charge < -0.3 is 10.1 Å². The summed E-state index contributed by atoms with van der Waals surface area (Å²) in [7, 11) is -2.39. The number of anilines is 1. The summed E-state index contributed by atoms with van der Waals surface area (Å²) in [5.41, 5.74) is 1.21. The largest absolute Gasteiger partial charge is 0.465 e. The number of ether oxygens (including phenoxy) is 1. The third-order valence-corrected chi connectivity index (χ3v) is 7.43.